The number of rotatable bonds is 16. The lowest BCUT2D eigenvalue weighted by atomic mass is 10.0. The molecule has 0 saturated carbocycles. The summed E-state index contributed by atoms with van der Waals surface area (Å²) in [6, 6.07) is 23.6. The maximum Gasteiger partial charge on any atom is 0.243 e. The zero-order valence-corrected chi connectivity index (χ0v) is 25.9. The molecule has 0 bridgehead atoms. The van der Waals surface area contributed by atoms with Crippen LogP contribution in [-0.4, -0.2) is 57.6 Å². The lowest BCUT2D eigenvalue weighted by molar-refractivity contribution is -0.141. The molecule has 1 N–H and O–H groups in total. The van der Waals surface area contributed by atoms with Crippen LogP contribution < -0.4 is 14.4 Å². The highest BCUT2D eigenvalue weighted by Crippen LogP contribution is 2.22. The molecule has 3 aromatic carbocycles. The third-order valence-electron chi connectivity index (χ3n) is 7.03. The molecule has 3 aromatic rings. The maximum atomic E-state index is 13.9. The Morgan fingerprint density at radius 1 is 0.929 bits per heavy atom. The van der Waals surface area contributed by atoms with Crippen LogP contribution in [0, 0.1) is 6.92 Å². The van der Waals surface area contributed by atoms with Gasteiger partial charge in [0.05, 0.1) is 19.1 Å². The second-order valence-electron chi connectivity index (χ2n) is 10.5. The van der Waals surface area contributed by atoms with Crippen molar-refractivity contribution in [2.24, 2.45) is 0 Å². The van der Waals surface area contributed by atoms with Crippen molar-refractivity contribution in [3.8, 4) is 5.75 Å². The van der Waals surface area contributed by atoms with Crippen LogP contribution in [-0.2, 0) is 32.6 Å². The van der Waals surface area contributed by atoms with E-state index in [-0.39, 0.29) is 31.3 Å². The Kier molecular flexibility index (Phi) is 12.4. The third kappa shape index (κ3) is 9.91. The summed E-state index contributed by atoms with van der Waals surface area (Å²) in [5, 5.41) is 3.02. The molecule has 226 valence electrons. The lowest BCUT2D eigenvalue weighted by Crippen LogP contribution is -2.50. The van der Waals surface area contributed by atoms with Gasteiger partial charge in [0, 0.05) is 32.5 Å². The van der Waals surface area contributed by atoms with Crippen LogP contribution in [0.2, 0.25) is 0 Å². The van der Waals surface area contributed by atoms with Gasteiger partial charge in [0.15, 0.2) is 0 Å². The van der Waals surface area contributed by atoms with Crippen LogP contribution in [0.4, 0.5) is 5.69 Å². The van der Waals surface area contributed by atoms with Gasteiger partial charge in [-0.25, -0.2) is 8.42 Å². The van der Waals surface area contributed by atoms with E-state index in [9.17, 15) is 18.0 Å². The van der Waals surface area contributed by atoms with Crippen LogP contribution in [0.1, 0.15) is 49.3 Å². The van der Waals surface area contributed by atoms with Crippen molar-refractivity contribution >= 4 is 27.5 Å². The van der Waals surface area contributed by atoms with E-state index in [1.807, 2.05) is 79.7 Å². The smallest absolute Gasteiger partial charge is 0.243 e. The van der Waals surface area contributed by atoms with Gasteiger partial charge in [-0.3, -0.25) is 13.9 Å². The number of anilines is 1. The van der Waals surface area contributed by atoms with Gasteiger partial charge in [0.25, 0.3) is 0 Å². The normalized spacial score (nSPS) is 11.9. The van der Waals surface area contributed by atoms with Gasteiger partial charge < -0.3 is 15.0 Å². The second-order valence-corrected chi connectivity index (χ2v) is 12.4. The maximum absolute atomic E-state index is 13.9. The van der Waals surface area contributed by atoms with Crippen molar-refractivity contribution in [3.05, 3.63) is 95.6 Å². The first-order valence-corrected chi connectivity index (χ1v) is 16.3. The second kappa shape index (κ2) is 16.0. The minimum Gasteiger partial charge on any atom is -0.497 e. The van der Waals surface area contributed by atoms with Gasteiger partial charge >= 0.3 is 0 Å². The van der Waals surface area contributed by atoms with E-state index in [1.54, 1.807) is 18.1 Å². The number of benzene rings is 3. The Balaban J connectivity index is 1.89. The fourth-order valence-corrected chi connectivity index (χ4v) is 5.77. The first kappa shape index (κ1) is 32.7. The topological polar surface area (TPSA) is 96.0 Å². The summed E-state index contributed by atoms with van der Waals surface area (Å²) in [7, 11) is -1.98. The van der Waals surface area contributed by atoms with E-state index in [2.05, 4.69) is 12.2 Å². The number of ether oxygens (including phenoxy) is 1. The molecule has 42 heavy (non-hydrogen) atoms. The molecule has 3 rings (SSSR count). The van der Waals surface area contributed by atoms with Crippen LogP contribution in [0.5, 0.6) is 5.75 Å². The number of sulfonamides is 1. The van der Waals surface area contributed by atoms with Crippen molar-refractivity contribution in [2.45, 2.75) is 58.5 Å². The fraction of sp³-hybridized carbons (Fsp3) is 0.394. The molecule has 1 atom stereocenters. The number of nitrogens with zero attached hydrogens (tertiary/aromatic N) is 2. The summed E-state index contributed by atoms with van der Waals surface area (Å²) in [5.74, 6) is 0.233. The molecule has 0 saturated heterocycles. The summed E-state index contributed by atoms with van der Waals surface area (Å²) in [5.41, 5.74) is 3.29. The molecule has 2 amide bonds. The van der Waals surface area contributed by atoms with Crippen molar-refractivity contribution in [1.29, 1.82) is 0 Å². The number of amides is 2. The monoisotopic (exact) mass is 593 g/mol. The van der Waals surface area contributed by atoms with Gasteiger partial charge in [-0.1, -0.05) is 67.9 Å². The summed E-state index contributed by atoms with van der Waals surface area (Å²) >= 11 is 0. The molecule has 9 heteroatoms. The van der Waals surface area contributed by atoms with E-state index >= 15 is 0 Å². The highest BCUT2D eigenvalue weighted by Gasteiger charge is 2.30. The first-order chi connectivity index (χ1) is 20.1. The number of hydrogen-bond donors (Lipinski definition) is 1. The predicted molar refractivity (Wildman–Crippen MR) is 168 cm³/mol. The van der Waals surface area contributed by atoms with Gasteiger partial charge in [0.1, 0.15) is 11.8 Å². The van der Waals surface area contributed by atoms with Crippen LogP contribution in [0.3, 0.4) is 0 Å². The Labute approximate surface area is 250 Å². The molecule has 0 aliphatic rings. The molecule has 0 aliphatic carbocycles. The number of unbranched alkanes of at least 4 members (excludes halogenated alkanes) is 1. The standard InChI is InChI=1S/C33H43N3O5S/c1-5-6-20-34-33(38)31(24-27-14-8-7-9-15-27)35(25-28-16-11-18-30(23-28)41-3)32(37)19-12-21-36(42(4,39)40)29-17-10-13-26(2)22-29/h7-11,13-18,22-23,31H,5-6,12,19-21,24-25H2,1-4H3,(H,34,38)/t31-/m1/s1. The average Bonchev–Trinajstić information content (AvgIpc) is 2.97. The molecule has 0 heterocycles. The summed E-state index contributed by atoms with van der Waals surface area (Å²) < 4.78 is 32.0. The summed E-state index contributed by atoms with van der Waals surface area (Å²) in [6.07, 6.45) is 3.68. The first-order valence-electron chi connectivity index (χ1n) is 14.4. The van der Waals surface area contributed by atoms with E-state index < -0.39 is 16.1 Å². The van der Waals surface area contributed by atoms with Crippen LogP contribution in [0.15, 0.2) is 78.9 Å². The quantitative estimate of drug-likeness (QED) is 0.233. The zero-order chi connectivity index (χ0) is 30.5. The average molecular weight is 594 g/mol. The highest BCUT2D eigenvalue weighted by atomic mass is 32.2. The van der Waals surface area contributed by atoms with E-state index in [4.69, 9.17) is 4.74 Å². The fourth-order valence-electron chi connectivity index (χ4n) is 4.81. The minimum absolute atomic E-state index is 0.0787. The number of methoxy groups -OCH3 is 1. The molecule has 0 fully saturated rings. The molecular formula is C33H43N3O5S. The van der Waals surface area contributed by atoms with Crippen molar-refractivity contribution in [1.82, 2.24) is 10.2 Å². The minimum atomic E-state index is -3.56. The predicted octanol–water partition coefficient (Wildman–Crippen LogP) is 5.11. The Morgan fingerprint density at radius 3 is 2.31 bits per heavy atom. The Hall–Kier alpha value is -3.85. The third-order valence-corrected chi connectivity index (χ3v) is 8.22. The highest BCUT2D eigenvalue weighted by molar-refractivity contribution is 7.92. The molecule has 0 unspecified atom stereocenters. The Bertz CT molecular complexity index is 1410. The van der Waals surface area contributed by atoms with Gasteiger partial charge in [-0.2, -0.15) is 0 Å². The summed E-state index contributed by atoms with van der Waals surface area (Å²) in [6.45, 7) is 4.85. The summed E-state index contributed by atoms with van der Waals surface area (Å²) in [4.78, 5) is 29.2. The number of carbonyl (C=O) groups is 2. The molecule has 0 spiro atoms. The molecular weight excluding hydrogens is 550 g/mol. The van der Waals surface area contributed by atoms with Crippen LogP contribution in [0.25, 0.3) is 0 Å². The van der Waals surface area contributed by atoms with Crippen molar-refractivity contribution < 1.29 is 22.7 Å². The Morgan fingerprint density at radius 2 is 1.64 bits per heavy atom. The van der Waals surface area contributed by atoms with E-state index in [0.29, 0.717) is 30.8 Å². The molecule has 0 aromatic heterocycles. The molecule has 0 radical (unpaired) electrons. The number of nitrogens with one attached hydrogen (secondary N) is 1. The number of hydrogen-bond acceptors (Lipinski definition) is 5. The van der Waals surface area contributed by atoms with Crippen molar-refractivity contribution in [3.63, 3.8) is 0 Å². The van der Waals surface area contributed by atoms with E-state index in [1.165, 1.54) is 10.6 Å². The lowest BCUT2D eigenvalue weighted by Gasteiger charge is -2.32. The SMILES string of the molecule is CCCCNC(=O)[C@@H](Cc1ccccc1)N(Cc1cccc(OC)c1)C(=O)CCCN(c1cccc(C)c1)S(C)(=O)=O. The number of carbonyl (C=O) groups excluding carboxylic acids is 2. The molecule has 8 nitrogen and oxygen atoms in total. The van der Waals surface area contributed by atoms with Gasteiger partial charge in [0.2, 0.25) is 21.8 Å². The van der Waals surface area contributed by atoms with E-state index in [0.717, 1.165) is 29.5 Å². The zero-order valence-electron chi connectivity index (χ0n) is 25.1. The van der Waals surface area contributed by atoms with Crippen molar-refractivity contribution in [2.75, 3.05) is 30.8 Å². The largest absolute Gasteiger partial charge is 0.497 e. The molecule has 0 aliphatic heterocycles. The van der Waals surface area contributed by atoms with Gasteiger partial charge in [-0.05, 0) is 60.7 Å². The van der Waals surface area contributed by atoms with Gasteiger partial charge in [-0.15, -0.1) is 0 Å². The number of aryl methyl sites for hydroxylation is 1. The van der Waals surface area contributed by atoms with Crippen LogP contribution >= 0.6 is 0 Å².